The molecule has 0 amide bonds. The predicted octanol–water partition coefficient (Wildman–Crippen LogP) is 11.1. The third-order valence-electron chi connectivity index (χ3n) is 23.9. The maximum atomic E-state index is 5.94. The number of likely N-dealkylation sites (N-methyl/N-ethyl adjacent to an activating group) is 2. The van der Waals surface area contributed by atoms with Gasteiger partial charge in [0.2, 0.25) is 0 Å². The molecule has 25 N–H and O–H groups in total. The molecule has 0 spiro atoms. The van der Waals surface area contributed by atoms with Crippen molar-refractivity contribution in [2.75, 3.05) is 308 Å². The second-order valence-corrected chi connectivity index (χ2v) is 38.3. The average molecular weight is 1690 g/mol. The van der Waals surface area contributed by atoms with Gasteiger partial charge >= 0.3 is 0 Å². The van der Waals surface area contributed by atoms with Crippen LogP contribution < -0.4 is 79.0 Å². The van der Waals surface area contributed by atoms with Gasteiger partial charge in [0.1, 0.15) is 18.9 Å². The van der Waals surface area contributed by atoms with Crippen LogP contribution >= 0.6 is 0 Å². The minimum atomic E-state index is 0.592. The number of hydrogen-bond donors (Lipinski definition) is 13. The Labute approximate surface area is 731 Å². The standard InChI is InChI=1S/C18H34N5.2C17H31N4O.C17H31N4.C12H24N5.C11H22N5/c1-23(2)12-10-22(11-13-23)9-7-5-3-4-6-8-18-17(20)14-16(19)15-21-18;1-21(8-3-2-4-9-21)10-6-12-22-11-5-7-17-16(19)13-15(18)14-20-17;1-21(9-11-22-12-10-21)8-6-4-2-3-5-7-17-16(19)13-15(18)14-20-17;1-21(11-7-8-12-21)10-6-4-2-3-5-9-17-16(19)13-15(18)14-20-17;1-16(6-5-7-17(2,3)4)12-11(14)8-10(13)9-15-12;1-16(2,3)6-4-5-14-11-10(13)7-9(12)8-15-11/h14-15H,3-13,19-20H2,1-2H3;2*13-14H,2-12,18-19H2,1H3;13-14H,2-12,18-19H2,1H3;8-9H,5-7,13-14H2,1-4H3;7-8H,4-6,12-13H2,1-3H3,(H,14,15)/q6*+1. The molecular weight excluding hydrogens is 1520 g/mol. The van der Waals surface area contributed by atoms with Crippen molar-refractivity contribution in [1.29, 1.82) is 0 Å². The Bertz CT molecular complexity index is 3720. The maximum absolute atomic E-state index is 5.94. The van der Waals surface area contributed by atoms with Gasteiger partial charge in [-0.1, -0.05) is 44.9 Å². The average Bonchev–Trinajstić information content (AvgIpc) is 1.49. The zero-order chi connectivity index (χ0) is 88.8. The molecule has 0 saturated carbocycles. The maximum Gasteiger partial charge on any atom is 0.151 e. The van der Waals surface area contributed by atoms with Crippen molar-refractivity contribution in [3.8, 4) is 0 Å². The number of rotatable bonds is 42. The lowest BCUT2D eigenvalue weighted by Gasteiger charge is -2.39. The molecule has 10 rings (SSSR count). The Balaban J connectivity index is 0.000000259. The number of hydrogen-bond acceptors (Lipinski definition) is 23. The number of aromatic nitrogens is 6. The zero-order valence-corrected chi connectivity index (χ0v) is 77.8. The van der Waals surface area contributed by atoms with Gasteiger partial charge in [-0.25, -0.2) is 9.97 Å². The molecule has 121 heavy (non-hydrogen) atoms. The van der Waals surface area contributed by atoms with E-state index in [9.17, 15) is 0 Å². The minimum Gasteiger partial charge on any atom is -0.397 e. The topological polar surface area (TPSA) is 427 Å². The predicted molar refractivity (Wildman–Crippen MR) is 514 cm³/mol. The molecule has 29 heteroatoms. The first-order valence-electron chi connectivity index (χ1n) is 45.7. The van der Waals surface area contributed by atoms with E-state index in [1.165, 1.54) is 225 Å². The van der Waals surface area contributed by atoms with Crippen molar-refractivity contribution in [2.24, 2.45) is 0 Å². The summed E-state index contributed by atoms with van der Waals surface area (Å²) < 4.78 is 18.0. The third-order valence-corrected chi connectivity index (χ3v) is 23.9. The van der Waals surface area contributed by atoms with Gasteiger partial charge in [-0.15, -0.1) is 0 Å². The minimum absolute atomic E-state index is 0.592. The lowest BCUT2D eigenvalue weighted by Crippen LogP contribution is -2.54. The summed E-state index contributed by atoms with van der Waals surface area (Å²) in [4.78, 5) is 30.3. The van der Waals surface area contributed by atoms with E-state index in [0.29, 0.717) is 51.2 Å². The summed E-state index contributed by atoms with van der Waals surface area (Å²) in [5, 5.41) is 3.21. The number of piperazine rings is 1. The van der Waals surface area contributed by atoms with E-state index in [4.69, 9.17) is 78.3 Å². The number of unbranched alkanes of at least 4 members (excludes halogenated alkanes) is 12. The van der Waals surface area contributed by atoms with Crippen molar-refractivity contribution < 1.29 is 36.4 Å². The van der Waals surface area contributed by atoms with E-state index >= 15 is 0 Å². The van der Waals surface area contributed by atoms with Crippen LogP contribution in [0.5, 0.6) is 0 Å². The van der Waals surface area contributed by atoms with Gasteiger partial charge in [0, 0.05) is 71.9 Å². The summed E-state index contributed by atoms with van der Waals surface area (Å²) >= 11 is 0. The van der Waals surface area contributed by atoms with Crippen molar-refractivity contribution in [3.05, 3.63) is 96.4 Å². The number of ether oxygens (including phenoxy) is 2. The van der Waals surface area contributed by atoms with Gasteiger partial charge in [-0.05, 0) is 146 Å². The number of quaternary nitrogens is 6. The Morgan fingerprint density at radius 1 is 0.380 bits per heavy atom. The van der Waals surface area contributed by atoms with Crippen LogP contribution in [0.4, 0.5) is 79.9 Å². The van der Waals surface area contributed by atoms with Gasteiger partial charge in [0.05, 0.1) is 298 Å². The lowest BCUT2D eigenvalue weighted by atomic mass is 10.1. The largest absolute Gasteiger partial charge is 0.397 e. The quantitative estimate of drug-likeness (QED) is 0.0125. The van der Waals surface area contributed by atoms with E-state index in [0.717, 1.165) is 177 Å². The molecule has 4 aliphatic heterocycles. The summed E-state index contributed by atoms with van der Waals surface area (Å²) in [5.74, 6) is 1.52. The smallest absolute Gasteiger partial charge is 0.151 e. The molecule has 4 saturated heterocycles. The van der Waals surface area contributed by atoms with Crippen molar-refractivity contribution in [3.63, 3.8) is 0 Å². The summed E-state index contributed by atoms with van der Waals surface area (Å²) in [5.41, 5.74) is 80.9. The van der Waals surface area contributed by atoms with E-state index in [1.54, 1.807) is 67.5 Å². The number of likely N-dealkylation sites (tertiary alicyclic amines) is 2. The molecule has 29 nitrogen and oxygen atoms in total. The third kappa shape index (κ3) is 45.1. The number of nitrogens with one attached hydrogen (secondary N) is 1. The summed E-state index contributed by atoms with van der Waals surface area (Å²) in [6.07, 6.45) is 44.3. The number of nitrogen functional groups attached to an aromatic ring is 12. The second-order valence-electron chi connectivity index (χ2n) is 38.3. The molecule has 4 aliphatic rings. The highest BCUT2D eigenvalue weighted by atomic mass is 16.5. The molecule has 682 valence electrons. The first-order valence-corrected chi connectivity index (χ1v) is 45.7. The molecule has 6 aromatic rings. The number of nitrogens with two attached hydrogens (primary N) is 12. The summed E-state index contributed by atoms with van der Waals surface area (Å²) in [6, 6.07) is 10.7. The van der Waals surface area contributed by atoms with Gasteiger partial charge in [0.25, 0.3) is 0 Å². The zero-order valence-electron chi connectivity index (χ0n) is 77.8. The van der Waals surface area contributed by atoms with Crippen molar-refractivity contribution >= 4 is 79.9 Å². The number of morpholine rings is 1. The molecule has 10 heterocycles. The lowest BCUT2D eigenvalue weighted by molar-refractivity contribution is -0.917. The fraction of sp³-hybridized carbons (Fsp3) is 0.674. The van der Waals surface area contributed by atoms with E-state index in [1.807, 2.05) is 13.1 Å². The summed E-state index contributed by atoms with van der Waals surface area (Å²) in [6.45, 7) is 25.6. The highest BCUT2D eigenvalue weighted by molar-refractivity contribution is 5.67. The van der Waals surface area contributed by atoms with Crippen LogP contribution in [0.2, 0.25) is 0 Å². The van der Waals surface area contributed by atoms with Crippen molar-refractivity contribution in [1.82, 2.24) is 34.8 Å². The summed E-state index contributed by atoms with van der Waals surface area (Å²) in [7, 11) is 26.9. The normalized spacial score (nSPS) is 15.9. The van der Waals surface area contributed by atoms with Gasteiger partial charge < -0.3 is 115 Å². The molecule has 4 fully saturated rings. The monoisotopic (exact) mass is 1690 g/mol. The fourth-order valence-electron chi connectivity index (χ4n) is 15.9. The number of piperidine rings is 1. The Hall–Kier alpha value is -8.26. The van der Waals surface area contributed by atoms with Crippen LogP contribution in [0, 0.1) is 0 Å². The van der Waals surface area contributed by atoms with Gasteiger partial charge in [-0.3, -0.25) is 24.8 Å². The van der Waals surface area contributed by atoms with Crippen LogP contribution in [-0.4, -0.2) is 291 Å². The van der Waals surface area contributed by atoms with Crippen LogP contribution in [-0.2, 0) is 35.2 Å². The molecule has 0 aliphatic carbocycles. The fourth-order valence-corrected chi connectivity index (χ4v) is 15.9. The SMILES string of the molecule is CN(CCC[N+](C)(C)C)c1ncc(N)cc1N.C[N+](C)(C)CCCNc1ncc(N)cc1N.C[N+]1(C)CCN(CCCCCCCc2ncc(N)cc2N)CC1.C[N+]1(CCCCCCCc2ncc(N)cc2N)CCCC1.C[N+]1(CCCCCCCc2ncc(N)cc2N)CCOCC1.C[N+]1(CCCOCCCc2ncc(N)cc2N)CCCCC1. The molecular formula is C92H173N27O2+6. The molecule has 0 atom stereocenters. The molecule has 6 aromatic heterocycles. The van der Waals surface area contributed by atoms with Crippen LogP contribution in [0.15, 0.2) is 73.6 Å². The first-order chi connectivity index (χ1) is 57.4. The van der Waals surface area contributed by atoms with Gasteiger partial charge in [-0.2, -0.15) is 0 Å². The molecule has 0 aromatic carbocycles. The van der Waals surface area contributed by atoms with Gasteiger partial charge in [0.15, 0.2) is 5.82 Å². The Kier molecular flexibility index (Phi) is 46.4. The number of pyridine rings is 6. The first kappa shape index (κ1) is 103. The highest BCUT2D eigenvalue weighted by Crippen LogP contribution is 2.26. The van der Waals surface area contributed by atoms with Crippen LogP contribution in [0.3, 0.4) is 0 Å². The van der Waals surface area contributed by atoms with Crippen molar-refractivity contribution in [2.45, 2.75) is 180 Å². The van der Waals surface area contributed by atoms with E-state index in [-0.39, 0.29) is 0 Å². The van der Waals surface area contributed by atoms with Crippen LogP contribution in [0.25, 0.3) is 0 Å². The van der Waals surface area contributed by atoms with Crippen LogP contribution in [0.1, 0.15) is 177 Å². The number of anilines is 14. The Morgan fingerprint density at radius 3 is 1.15 bits per heavy atom. The number of aryl methyl sites for hydroxylation is 4. The van der Waals surface area contributed by atoms with E-state index in [2.05, 4.69) is 123 Å². The molecule has 0 bridgehead atoms. The molecule has 0 radical (unpaired) electrons. The molecule has 0 unspecified atom stereocenters. The van der Waals surface area contributed by atoms with E-state index < -0.39 is 0 Å². The second kappa shape index (κ2) is 54.4. The highest BCUT2D eigenvalue weighted by Gasteiger charge is 2.28. The number of nitrogens with zero attached hydrogens (tertiary/aromatic N) is 14. The Morgan fingerprint density at radius 2 is 0.727 bits per heavy atom.